The molecule has 4 rings (SSSR count). The Kier molecular flexibility index (Phi) is 18.5. The molecule has 0 aliphatic rings. The summed E-state index contributed by atoms with van der Waals surface area (Å²) in [6, 6.07) is 35.5. The molecule has 6 nitrogen and oxygen atoms in total. The number of hydrogen-bond acceptors (Lipinski definition) is 6. The fraction of sp³-hybridized carbons (Fsp3) is 0.211. The topological polar surface area (TPSA) is 115 Å². The maximum atomic E-state index is 11.6. The number of phenolic OH excluding ortho intramolecular Hbond substituents is 2. The van der Waals surface area contributed by atoms with Crippen LogP contribution < -0.4 is 0 Å². The van der Waals surface area contributed by atoms with Crippen molar-refractivity contribution in [3.8, 4) is 11.5 Å². The van der Waals surface area contributed by atoms with Gasteiger partial charge in [-0.3, -0.25) is 9.59 Å². The summed E-state index contributed by atoms with van der Waals surface area (Å²) in [5, 5.41) is 36.7. The third kappa shape index (κ3) is 18.1. The van der Waals surface area contributed by atoms with Crippen molar-refractivity contribution < 1.29 is 51.7 Å². The van der Waals surface area contributed by atoms with Crippen LogP contribution in [0.25, 0.3) is 11.5 Å². The number of carbonyl (C=O) groups excluding carboxylic acids is 2. The van der Waals surface area contributed by atoms with Crippen molar-refractivity contribution in [1.29, 1.82) is 0 Å². The predicted molar refractivity (Wildman–Crippen MR) is 179 cm³/mol. The van der Waals surface area contributed by atoms with Gasteiger partial charge in [0.1, 0.15) is 23.0 Å². The second-order valence-corrected chi connectivity index (χ2v) is 11.7. The Balaban J connectivity index is 0.000000602. The van der Waals surface area contributed by atoms with E-state index in [9.17, 15) is 19.8 Å². The van der Waals surface area contributed by atoms with Crippen LogP contribution >= 0.6 is 0 Å². The molecule has 0 amide bonds. The normalized spacial score (nSPS) is 11.1. The molecule has 0 heterocycles. The Bertz CT molecular complexity index is 1340. The molecule has 45 heavy (non-hydrogen) atoms. The molecule has 0 saturated heterocycles. The van der Waals surface area contributed by atoms with Gasteiger partial charge in [0.25, 0.3) is 0 Å². The Morgan fingerprint density at radius 3 is 0.867 bits per heavy atom. The molecule has 4 aromatic carbocycles. The van der Waals surface area contributed by atoms with Gasteiger partial charge in [0.05, 0.1) is 0 Å². The van der Waals surface area contributed by atoms with Crippen molar-refractivity contribution in [2.75, 3.05) is 0 Å². The van der Waals surface area contributed by atoms with Crippen LogP contribution in [0.15, 0.2) is 133 Å². The van der Waals surface area contributed by atoms with Gasteiger partial charge in [-0.25, -0.2) is 0 Å². The Labute approximate surface area is 282 Å². The monoisotopic (exact) mass is 644 g/mol. The molecular weight excluding hydrogens is 600 g/mol. The van der Waals surface area contributed by atoms with Gasteiger partial charge >= 0.3 is 0 Å². The van der Waals surface area contributed by atoms with Crippen LogP contribution in [0, 0.1) is 10.8 Å². The summed E-state index contributed by atoms with van der Waals surface area (Å²) >= 11 is 0. The number of ketones is 2. The predicted octanol–water partition coefficient (Wildman–Crippen LogP) is 9.18. The van der Waals surface area contributed by atoms with E-state index in [2.05, 4.69) is 0 Å². The van der Waals surface area contributed by atoms with E-state index in [1.165, 1.54) is 12.2 Å². The Hall–Kier alpha value is -4.39. The molecule has 4 N–H and O–H groups in total. The number of aromatic hydroxyl groups is 2. The van der Waals surface area contributed by atoms with Crippen molar-refractivity contribution in [2.45, 2.75) is 41.5 Å². The number of allylic oxidation sites excluding steroid dienone is 2. The van der Waals surface area contributed by atoms with Gasteiger partial charge in [-0.2, -0.15) is 0 Å². The number of aliphatic hydroxyl groups is 2. The van der Waals surface area contributed by atoms with Gasteiger partial charge in [-0.15, -0.1) is 0 Å². The molecule has 0 unspecified atom stereocenters. The smallest absolute Gasteiger partial charge is 0.164 e. The molecule has 0 aliphatic heterocycles. The van der Waals surface area contributed by atoms with E-state index in [1.807, 2.05) is 90.1 Å². The maximum absolute atomic E-state index is 11.6. The Morgan fingerprint density at radius 2 is 0.689 bits per heavy atom. The van der Waals surface area contributed by atoms with Crippen LogP contribution in [0.4, 0.5) is 0 Å². The summed E-state index contributed by atoms with van der Waals surface area (Å²) in [4.78, 5) is 23.2. The molecule has 0 atom stereocenters. The van der Waals surface area contributed by atoms with E-state index >= 15 is 0 Å². The molecule has 236 valence electrons. The first kappa shape index (κ1) is 40.6. The van der Waals surface area contributed by atoms with E-state index in [0.29, 0.717) is 22.6 Å². The van der Waals surface area contributed by atoms with Crippen molar-refractivity contribution in [1.82, 2.24) is 0 Å². The number of aliphatic hydroxyl groups excluding tert-OH is 2. The summed E-state index contributed by atoms with van der Waals surface area (Å²) in [5.41, 5.74) is 0.413. The second-order valence-electron chi connectivity index (χ2n) is 11.7. The van der Waals surface area contributed by atoms with Gasteiger partial charge < -0.3 is 20.4 Å². The van der Waals surface area contributed by atoms with Gasteiger partial charge in [-0.1, -0.05) is 139 Å². The average molecular weight is 645 g/mol. The van der Waals surface area contributed by atoms with Crippen LogP contribution in [0.3, 0.4) is 0 Å². The van der Waals surface area contributed by atoms with Gasteiger partial charge in [0, 0.05) is 55.8 Å². The fourth-order valence-corrected chi connectivity index (χ4v) is 2.92. The second kappa shape index (κ2) is 20.5. The van der Waals surface area contributed by atoms with Gasteiger partial charge in [0.15, 0.2) is 11.6 Å². The molecule has 0 bridgehead atoms. The van der Waals surface area contributed by atoms with Crippen LogP contribution in [0.5, 0.6) is 11.5 Å². The molecule has 0 saturated carbocycles. The number of hydrogen-bond donors (Lipinski definition) is 4. The largest absolute Gasteiger partial charge is 0.508 e. The summed E-state index contributed by atoms with van der Waals surface area (Å²) in [6.07, 6.45) is 2.57. The van der Waals surface area contributed by atoms with E-state index in [-0.39, 0.29) is 44.8 Å². The van der Waals surface area contributed by atoms with Crippen LogP contribution in [-0.4, -0.2) is 32.0 Å². The van der Waals surface area contributed by atoms with Crippen molar-refractivity contribution >= 4 is 23.1 Å². The quantitative estimate of drug-likeness (QED) is 0.100. The fourth-order valence-electron chi connectivity index (χ4n) is 2.92. The molecule has 0 aromatic heterocycles. The third-order valence-electron chi connectivity index (χ3n) is 5.67. The van der Waals surface area contributed by atoms with Gasteiger partial charge in [0.2, 0.25) is 0 Å². The number of carbonyl (C=O) groups is 2. The zero-order valence-electron chi connectivity index (χ0n) is 26.8. The Morgan fingerprint density at radius 1 is 0.467 bits per heavy atom. The molecule has 4 aromatic rings. The maximum Gasteiger partial charge on any atom is 0.164 e. The minimum absolute atomic E-state index is 0. The minimum Gasteiger partial charge on any atom is -0.508 e. The molecule has 0 fully saturated rings. The van der Waals surface area contributed by atoms with E-state index in [4.69, 9.17) is 10.2 Å². The summed E-state index contributed by atoms with van der Waals surface area (Å²) in [7, 11) is 0. The zero-order chi connectivity index (χ0) is 33.2. The number of para-hydroxylation sites is 2. The van der Waals surface area contributed by atoms with E-state index in [0.717, 1.165) is 0 Å². The van der Waals surface area contributed by atoms with Crippen LogP contribution in [-0.2, 0) is 31.3 Å². The van der Waals surface area contributed by atoms with Crippen LogP contribution in [0.1, 0.15) is 52.7 Å². The SMILES string of the molecule is CC(C)(C)C(=O)/C=C(\O)c1ccccc1.CC(C)(C)C(=O)/C=C(\O)c1ccccc1.Oc1ccccc1.Oc1ccccc1.[Ti]. The summed E-state index contributed by atoms with van der Waals surface area (Å²) in [5.74, 6) is 0.531. The number of rotatable bonds is 4. The first-order valence-corrected chi connectivity index (χ1v) is 14.1. The minimum atomic E-state index is -0.456. The number of benzene rings is 4. The number of phenols is 2. The van der Waals surface area contributed by atoms with Crippen molar-refractivity contribution in [3.63, 3.8) is 0 Å². The molecule has 0 aliphatic carbocycles. The average Bonchev–Trinajstić information content (AvgIpc) is 2.99. The van der Waals surface area contributed by atoms with E-state index < -0.39 is 10.8 Å². The molecule has 7 heteroatoms. The van der Waals surface area contributed by atoms with Crippen molar-refractivity contribution in [3.05, 3.63) is 145 Å². The van der Waals surface area contributed by atoms with Gasteiger partial charge in [-0.05, 0) is 24.3 Å². The summed E-state index contributed by atoms with van der Waals surface area (Å²) in [6.45, 7) is 10.9. The molecule has 0 radical (unpaired) electrons. The molecular formula is C38H44O6Ti. The standard InChI is InChI=1S/2C13H16O2.2C6H6O.Ti/c2*1-13(2,3)12(15)9-11(14)10-7-5-4-6-8-10;2*7-6-4-2-1-3-5-6;/h2*4-9,14H,1-3H3;2*1-5,7H;/b2*11-9-;;;. The molecule has 0 spiro atoms. The third-order valence-corrected chi connectivity index (χ3v) is 5.67. The zero-order valence-corrected chi connectivity index (χ0v) is 28.4. The van der Waals surface area contributed by atoms with Crippen LogP contribution in [0.2, 0.25) is 0 Å². The van der Waals surface area contributed by atoms with E-state index in [1.54, 1.807) is 72.8 Å². The first-order valence-electron chi connectivity index (χ1n) is 14.1. The summed E-state index contributed by atoms with van der Waals surface area (Å²) < 4.78 is 0. The first-order chi connectivity index (χ1) is 20.6. The van der Waals surface area contributed by atoms with Crippen molar-refractivity contribution in [2.24, 2.45) is 10.8 Å².